The smallest absolute Gasteiger partial charge is 0.430 e. The number of ether oxygens (including phenoxy) is 2. The van der Waals surface area contributed by atoms with Gasteiger partial charge in [-0.25, -0.2) is 4.79 Å². The summed E-state index contributed by atoms with van der Waals surface area (Å²) in [4.78, 5) is 10.7. The molecule has 1 fully saturated rings. The van der Waals surface area contributed by atoms with Crippen molar-refractivity contribution in [3.63, 3.8) is 0 Å². The molecular formula is C6H8ClIO3. The molecule has 2 atom stereocenters. The van der Waals surface area contributed by atoms with E-state index in [0.717, 1.165) is 4.43 Å². The number of hydrogen-bond donors (Lipinski definition) is 0. The van der Waals surface area contributed by atoms with Gasteiger partial charge in [0, 0.05) is 10.8 Å². The predicted molar refractivity (Wildman–Crippen MR) is 49.4 cm³/mol. The van der Waals surface area contributed by atoms with E-state index in [4.69, 9.17) is 21.1 Å². The second-order valence-corrected chi connectivity index (χ2v) is 3.46. The number of carbonyl (C=O) groups excluding carboxylic acids is 1. The molecule has 0 saturated carbocycles. The van der Waals surface area contributed by atoms with Gasteiger partial charge in [-0.3, -0.25) is 0 Å². The van der Waals surface area contributed by atoms with Crippen molar-refractivity contribution >= 4 is 40.3 Å². The van der Waals surface area contributed by atoms with E-state index >= 15 is 0 Å². The van der Waals surface area contributed by atoms with Crippen molar-refractivity contribution in [1.82, 2.24) is 0 Å². The Morgan fingerprint density at radius 2 is 2.18 bits per heavy atom. The van der Waals surface area contributed by atoms with Crippen LogP contribution in [0.15, 0.2) is 0 Å². The molecule has 1 rings (SSSR count). The van der Waals surface area contributed by atoms with Crippen LogP contribution in [-0.4, -0.2) is 28.7 Å². The number of carbonyl (C=O) groups is 1. The molecule has 0 aromatic heterocycles. The number of rotatable bonds is 2. The van der Waals surface area contributed by atoms with Crippen molar-refractivity contribution in [3.05, 3.63) is 0 Å². The fraction of sp³-hybridized carbons (Fsp3) is 0.833. The lowest BCUT2D eigenvalue weighted by molar-refractivity contribution is -0.0438. The van der Waals surface area contributed by atoms with Gasteiger partial charge in [0.25, 0.3) is 0 Å². The Bertz CT molecular complexity index is 139. The van der Waals surface area contributed by atoms with Gasteiger partial charge in [-0.05, 0) is 0 Å². The summed E-state index contributed by atoms with van der Waals surface area (Å²) >= 11 is 7.70. The molecule has 1 aliphatic rings. The largest absolute Gasteiger partial charge is 0.508 e. The van der Waals surface area contributed by atoms with Crippen molar-refractivity contribution in [2.75, 3.05) is 10.3 Å². The van der Waals surface area contributed by atoms with Crippen LogP contribution in [-0.2, 0) is 9.47 Å². The van der Waals surface area contributed by atoms with Gasteiger partial charge in [0.05, 0.1) is 5.88 Å². The molecule has 0 radical (unpaired) electrons. The van der Waals surface area contributed by atoms with Crippen LogP contribution in [0.4, 0.5) is 4.79 Å². The lowest BCUT2D eigenvalue weighted by Gasteiger charge is -2.26. The number of cyclic esters (lactones) is 2. The van der Waals surface area contributed by atoms with Crippen LogP contribution >= 0.6 is 34.2 Å². The minimum absolute atomic E-state index is 0.0272. The zero-order chi connectivity index (χ0) is 8.27. The summed E-state index contributed by atoms with van der Waals surface area (Å²) in [6.45, 7) is 0. The molecule has 1 saturated heterocycles. The topological polar surface area (TPSA) is 35.5 Å². The van der Waals surface area contributed by atoms with Gasteiger partial charge < -0.3 is 9.47 Å². The predicted octanol–water partition coefficient (Wildman–Crippen LogP) is 1.95. The maximum Gasteiger partial charge on any atom is 0.508 e. The molecular weight excluding hydrogens is 282 g/mol. The van der Waals surface area contributed by atoms with E-state index in [1.807, 2.05) is 0 Å². The van der Waals surface area contributed by atoms with E-state index in [1.54, 1.807) is 0 Å². The Hall–Kier alpha value is 0.290. The van der Waals surface area contributed by atoms with Crippen molar-refractivity contribution in [2.24, 2.45) is 0 Å². The molecule has 0 amide bonds. The minimum atomic E-state index is -0.594. The fourth-order valence-corrected chi connectivity index (χ4v) is 1.61. The van der Waals surface area contributed by atoms with Gasteiger partial charge in [-0.1, -0.05) is 22.6 Å². The van der Waals surface area contributed by atoms with E-state index in [0.29, 0.717) is 12.3 Å². The molecule has 0 spiro atoms. The Kier molecular flexibility index (Phi) is 3.71. The summed E-state index contributed by atoms with van der Waals surface area (Å²) in [6.07, 6.45) is -0.0834. The van der Waals surface area contributed by atoms with Crippen LogP contribution < -0.4 is 0 Å². The number of alkyl halides is 2. The Morgan fingerprint density at radius 1 is 1.55 bits per heavy atom. The first kappa shape index (κ1) is 9.38. The SMILES string of the molecule is O=C1OC(CCl)CC(CI)O1. The molecule has 3 nitrogen and oxygen atoms in total. The molecule has 5 heteroatoms. The van der Waals surface area contributed by atoms with Gasteiger partial charge in [0.1, 0.15) is 12.2 Å². The molecule has 1 heterocycles. The highest BCUT2D eigenvalue weighted by Gasteiger charge is 2.28. The normalized spacial score (nSPS) is 30.9. The van der Waals surface area contributed by atoms with E-state index in [-0.39, 0.29) is 12.2 Å². The van der Waals surface area contributed by atoms with Gasteiger partial charge in [-0.15, -0.1) is 11.6 Å². The zero-order valence-electron chi connectivity index (χ0n) is 5.76. The molecule has 0 aromatic rings. The molecule has 2 unspecified atom stereocenters. The molecule has 0 bridgehead atoms. The highest BCUT2D eigenvalue weighted by atomic mass is 127. The summed E-state index contributed by atoms with van der Waals surface area (Å²) in [5.41, 5.74) is 0. The van der Waals surface area contributed by atoms with Gasteiger partial charge in [-0.2, -0.15) is 0 Å². The fourth-order valence-electron chi connectivity index (χ4n) is 0.878. The molecule has 0 aliphatic carbocycles. The first-order valence-corrected chi connectivity index (χ1v) is 5.31. The van der Waals surface area contributed by atoms with Gasteiger partial charge >= 0.3 is 6.16 Å². The maximum absolute atomic E-state index is 10.7. The van der Waals surface area contributed by atoms with Crippen LogP contribution in [0, 0.1) is 0 Å². The van der Waals surface area contributed by atoms with Crippen LogP contribution in [0.2, 0.25) is 0 Å². The average molecular weight is 290 g/mol. The second kappa shape index (κ2) is 4.35. The highest BCUT2D eigenvalue weighted by Crippen LogP contribution is 2.17. The third kappa shape index (κ3) is 2.66. The van der Waals surface area contributed by atoms with Crippen LogP contribution in [0.3, 0.4) is 0 Å². The van der Waals surface area contributed by atoms with Crippen molar-refractivity contribution in [3.8, 4) is 0 Å². The van der Waals surface area contributed by atoms with Crippen molar-refractivity contribution in [2.45, 2.75) is 18.6 Å². The molecule has 0 N–H and O–H groups in total. The highest BCUT2D eigenvalue weighted by molar-refractivity contribution is 14.1. The molecule has 0 aromatic carbocycles. The van der Waals surface area contributed by atoms with Crippen LogP contribution in [0.25, 0.3) is 0 Å². The van der Waals surface area contributed by atoms with Gasteiger partial charge in [0.2, 0.25) is 0 Å². The quantitative estimate of drug-likeness (QED) is 0.443. The first-order valence-electron chi connectivity index (χ1n) is 3.25. The monoisotopic (exact) mass is 290 g/mol. The molecule has 1 aliphatic heterocycles. The molecule has 11 heavy (non-hydrogen) atoms. The average Bonchev–Trinajstić information content (AvgIpc) is 2.03. The lowest BCUT2D eigenvalue weighted by Crippen LogP contribution is -2.36. The standard InChI is InChI=1S/C6H8ClIO3/c7-2-4-1-5(3-8)11-6(9)10-4/h4-5H,1-3H2. The Morgan fingerprint density at radius 3 is 2.73 bits per heavy atom. The summed E-state index contributed by atoms with van der Waals surface area (Å²) in [7, 11) is 0. The lowest BCUT2D eigenvalue weighted by atomic mass is 10.2. The number of halogens is 2. The third-order valence-corrected chi connectivity index (χ3v) is 2.72. The van der Waals surface area contributed by atoms with Crippen LogP contribution in [0.5, 0.6) is 0 Å². The van der Waals surface area contributed by atoms with E-state index in [1.165, 1.54) is 0 Å². The van der Waals surface area contributed by atoms with E-state index in [2.05, 4.69) is 22.6 Å². The second-order valence-electron chi connectivity index (χ2n) is 2.27. The van der Waals surface area contributed by atoms with Crippen molar-refractivity contribution < 1.29 is 14.3 Å². The zero-order valence-corrected chi connectivity index (χ0v) is 8.67. The van der Waals surface area contributed by atoms with E-state index in [9.17, 15) is 4.79 Å². The minimum Gasteiger partial charge on any atom is -0.430 e. The van der Waals surface area contributed by atoms with Gasteiger partial charge in [0.15, 0.2) is 0 Å². The Balaban J connectivity index is 2.43. The third-order valence-electron chi connectivity index (χ3n) is 1.40. The van der Waals surface area contributed by atoms with E-state index < -0.39 is 6.16 Å². The van der Waals surface area contributed by atoms with Crippen molar-refractivity contribution in [1.29, 1.82) is 0 Å². The number of hydrogen-bond acceptors (Lipinski definition) is 3. The van der Waals surface area contributed by atoms with Crippen LogP contribution in [0.1, 0.15) is 6.42 Å². The summed E-state index contributed by atoms with van der Waals surface area (Å²) < 4.78 is 10.4. The molecule has 64 valence electrons. The Labute approximate surface area is 83.5 Å². The summed E-state index contributed by atoms with van der Waals surface area (Å²) in [5, 5.41) is 0. The summed E-state index contributed by atoms with van der Waals surface area (Å²) in [6, 6.07) is 0. The first-order chi connectivity index (χ1) is 5.26. The summed E-state index contributed by atoms with van der Waals surface area (Å²) in [5.74, 6) is 0.349. The maximum atomic E-state index is 10.7.